The number of carbonyl (C=O) groups excluding carboxylic acids is 1. The minimum Gasteiger partial charge on any atom is -0.336 e. The van der Waals surface area contributed by atoms with E-state index in [1.807, 2.05) is 13.0 Å². The maximum atomic E-state index is 12.7. The predicted molar refractivity (Wildman–Crippen MR) is 92.9 cm³/mol. The number of aryl methyl sites for hydroxylation is 1. The number of benzene rings is 1. The van der Waals surface area contributed by atoms with E-state index in [-0.39, 0.29) is 42.5 Å². The van der Waals surface area contributed by atoms with Gasteiger partial charge in [0.05, 0.1) is 4.90 Å². The Hall–Kier alpha value is -2.45. The number of aromatic amines is 1. The van der Waals surface area contributed by atoms with Crippen LogP contribution in [0.2, 0.25) is 0 Å². The molecule has 0 aliphatic carbocycles. The van der Waals surface area contributed by atoms with Gasteiger partial charge in [-0.1, -0.05) is 12.1 Å². The number of hydrogen-bond acceptors (Lipinski definition) is 4. The summed E-state index contributed by atoms with van der Waals surface area (Å²) in [5.41, 5.74) is 0.498. The Bertz CT molecular complexity index is 944. The van der Waals surface area contributed by atoms with Crippen molar-refractivity contribution < 1.29 is 13.2 Å². The molecule has 2 aromatic rings. The molecule has 1 saturated heterocycles. The number of piperazine rings is 1. The molecular weight excluding hydrogens is 342 g/mol. The summed E-state index contributed by atoms with van der Waals surface area (Å²) < 4.78 is 26.8. The Morgan fingerprint density at radius 2 is 1.80 bits per heavy atom. The van der Waals surface area contributed by atoms with Gasteiger partial charge in [0.2, 0.25) is 10.0 Å². The van der Waals surface area contributed by atoms with Crippen molar-refractivity contribution in [3.8, 4) is 0 Å². The van der Waals surface area contributed by atoms with Crippen LogP contribution in [0.15, 0.2) is 52.3 Å². The molecule has 1 fully saturated rings. The molecule has 132 valence electrons. The zero-order chi connectivity index (χ0) is 18.0. The molecule has 0 atom stereocenters. The summed E-state index contributed by atoms with van der Waals surface area (Å²) in [6.45, 7) is 2.74. The first-order valence-electron chi connectivity index (χ1n) is 7.93. The molecule has 2 heterocycles. The number of carbonyl (C=O) groups is 1. The van der Waals surface area contributed by atoms with Gasteiger partial charge in [-0.25, -0.2) is 8.42 Å². The molecule has 1 aromatic heterocycles. The second-order valence-corrected chi connectivity index (χ2v) is 7.86. The van der Waals surface area contributed by atoms with Crippen molar-refractivity contribution in [3.63, 3.8) is 0 Å². The maximum Gasteiger partial charge on any atom is 0.260 e. The molecule has 1 amide bonds. The van der Waals surface area contributed by atoms with E-state index in [1.165, 1.54) is 21.5 Å². The van der Waals surface area contributed by atoms with Gasteiger partial charge in [-0.2, -0.15) is 4.31 Å². The Labute approximate surface area is 145 Å². The minimum atomic E-state index is -3.58. The highest BCUT2D eigenvalue weighted by Crippen LogP contribution is 2.19. The molecule has 7 nitrogen and oxygen atoms in total. The Morgan fingerprint density at radius 1 is 1.08 bits per heavy atom. The van der Waals surface area contributed by atoms with Crippen LogP contribution in [-0.4, -0.2) is 54.7 Å². The van der Waals surface area contributed by atoms with E-state index < -0.39 is 15.6 Å². The normalized spacial score (nSPS) is 16.0. The summed E-state index contributed by atoms with van der Waals surface area (Å²) in [7, 11) is -3.58. The standard InChI is InChI=1S/C17H19N3O4S/c1-13-4-2-5-14(12-13)25(23,24)20-10-8-19(9-11-20)17(22)15-6-3-7-18-16(15)21/h2-7,12H,8-11H2,1H3,(H,18,21). The largest absolute Gasteiger partial charge is 0.336 e. The monoisotopic (exact) mass is 361 g/mol. The van der Waals surface area contributed by atoms with E-state index in [0.29, 0.717) is 0 Å². The first-order chi connectivity index (χ1) is 11.9. The van der Waals surface area contributed by atoms with Crippen molar-refractivity contribution in [2.75, 3.05) is 26.2 Å². The minimum absolute atomic E-state index is 0.0671. The molecule has 25 heavy (non-hydrogen) atoms. The van der Waals surface area contributed by atoms with E-state index >= 15 is 0 Å². The first kappa shape index (κ1) is 17.4. The molecule has 0 unspecified atom stereocenters. The lowest BCUT2D eigenvalue weighted by Crippen LogP contribution is -2.51. The van der Waals surface area contributed by atoms with Crippen LogP contribution >= 0.6 is 0 Å². The topological polar surface area (TPSA) is 90.6 Å². The fraction of sp³-hybridized carbons (Fsp3) is 0.294. The summed E-state index contributed by atoms with van der Waals surface area (Å²) in [6.07, 6.45) is 1.46. The van der Waals surface area contributed by atoms with Crippen LogP contribution in [0.5, 0.6) is 0 Å². The molecule has 1 aromatic carbocycles. The van der Waals surface area contributed by atoms with Crippen molar-refractivity contribution in [3.05, 3.63) is 64.1 Å². The van der Waals surface area contributed by atoms with Crippen LogP contribution in [0.25, 0.3) is 0 Å². The van der Waals surface area contributed by atoms with Crippen molar-refractivity contribution >= 4 is 15.9 Å². The molecule has 1 N–H and O–H groups in total. The highest BCUT2D eigenvalue weighted by atomic mass is 32.2. The van der Waals surface area contributed by atoms with Crippen LogP contribution in [0.4, 0.5) is 0 Å². The lowest BCUT2D eigenvalue weighted by atomic mass is 10.2. The lowest BCUT2D eigenvalue weighted by Gasteiger charge is -2.33. The summed E-state index contributed by atoms with van der Waals surface area (Å²) in [5.74, 6) is -0.380. The average molecular weight is 361 g/mol. The Balaban J connectivity index is 1.73. The molecule has 0 saturated carbocycles. The molecule has 8 heteroatoms. The highest BCUT2D eigenvalue weighted by molar-refractivity contribution is 7.89. The lowest BCUT2D eigenvalue weighted by molar-refractivity contribution is 0.0696. The maximum absolute atomic E-state index is 12.7. The van der Waals surface area contributed by atoms with Crippen molar-refractivity contribution in [2.24, 2.45) is 0 Å². The van der Waals surface area contributed by atoms with E-state index in [9.17, 15) is 18.0 Å². The number of sulfonamides is 1. The quantitative estimate of drug-likeness (QED) is 0.877. The van der Waals surface area contributed by atoms with Gasteiger partial charge in [-0.05, 0) is 36.8 Å². The van der Waals surface area contributed by atoms with Crippen molar-refractivity contribution in [2.45, 2.75) is 11.8 Å². The van der Waals surface area contributed by atoms with Gasteiger partial charge in [-0.15, -0.1) is 0 Å². The number of rotatable bonds is 3. The molecule has 1 aliphatic heterocycles. The second-order valence-electron chi connectivity index (χ2n) is 5.93. The van der Waals surface area contributed by atoms with Crippen LogP contribution in [0.1, 0.15) is 15.9 Å². The van der Waals surface area contributed by atoms with E-state index in [1.54, 1.807) is 24.3 Å². The molecule has 0 spiro atoms. The van der Waals surface area contributed by atoms with E-state index in [0.717, 1.165) is 5.56 Å². The zero-order valence-electron chi connectivity index (χ0n) is 13.8. The number of H-pyrrole nitrogens is 1. The number of amides is 1. The Morgan fingerprint density at radius 3 is 2.44 bits per heavy atom. The molecule has 3 rings (SSSR count). The number of pyridine rings is 1. The molecule has 0 radical (unpaired) electrons. The molecule has 1 aliphatic rings. The molecular formula is C17H19N3O4S. The van der Waals surface area contributed by atoms with Crippen LogP contribution < -0.4 is 5.56 Å². The van der Waals surface area contributed by atoms with Gasteiger partial charge in [-0.3, -0.25) is 9.59 Å². The van der Waals surface area contributed by atoms with E-state index in [2.05, 4.69) is 4.98 Å². The van der Waals surface area contributed by atoms with Gasteiger partial charge in [0.15, 0.2) is 0 Å². The second kappa shape index (κ2) is 6.81. The van der Waals surface area contributed by atoms with Crippen LogP contribution in [-0.2, 0) is 10.0 Å². The number of aromatic nitrogens is 1. The summed E-state index contributed by atoms with van der Waals surface area (Å²) >= 11 is 0. The fourth-order valence-corrected chi connectivity index (χ4v) is 4.34. The van der Waals surface area contributed by atoms with Gasteiger partial charge in [0.1, 0.15) is 5.56 Å². The third kappa shape index (κ3) is 3.49. The SMILES string of the molecule is Cc1cccc(S(=O)(=O)N2CCN(C(=O)c3ccc[nH]c3=O)CC2)c1. The van der Waals surface area contributed by atoms with Crippen LogP contribution in [0.3, 0.4) is 0 Å². The number of nitrogens with one attached hydrogen (secondary N) is 1. The smallest absolute Gasteiger partial charge is 0.260 e. The third-order valence-corrected chi connectivity index (χ3v) is 6.10. The van der Waals surface area contributed by atoms with E-state index in [4.69, 9.17) is 0 Å². The molecule has 0 bridgehead atoms. The predicted octanol–water partition coefficient (Wildman–Crippen LogP) is 0.830. The first-order valence-corrected chi connectivity index (χ1v) is 9.37. The fourth-order valence-electron chi connectivity index (χ4n) is 2.82. The highest BCUT2D eigenvalue weighted by Gasteiger charge is 2.31. The summed E-state index contributed by atoms with van der Waals surface area (Å²) in [4.78, 5) is 28.4. The number of nitrogens with zero attached hydrogens (tertiary/aromatic N) is 2. The van der Waals surface area contributed by atoms with Gasteiger partial charge in [0.25, 0.3) is 11.5 Å². The number of hydrogen-bond donors (Lipinski definition) is 1. The van der Waals surface area contributed by atoms with Crippen LogP contribution in [0, 0.1) is 6.92 Å². The average Bonchev–Trinajstić information content (AvgIpc) is 2.62. The summed E-state index contributed by atoms with van der Waals surface area (Å²) in [6, 6.07) is 9.82. The third-order valence-electron chi connectivity index (χ3n) is 4.20. The van der Waals surface area contributed by atoms with Crippen molar-refractivity contribution in [1.82, 2.24) is 14.2 Å². The van der Waals surface area contributed by atoms with Gasteiger partial charge < -0.3 is 9.88 Å². The summed E-state index contributed by atoms with van der Waals surface area (Å²) in [5, 5.41) is 0. The Kier molecular flexibility index (Phi) is 4.73. The zero-order valence-corrected chi connectivity index (χ0v) is 14.6. The van der Waals surface area contributed by atoms with Gasteiger partial charge in [0, 0.05) is 32.4 Å². The van der Waals surface area contributed by atoms with Gasteiger partial charge >= 0.3 is 0 Å². The van der Waals surface area contributed by atoms with Crippen molar-refractivity contribution in [1.29, 1.82) is 0 Å².